The second-order valence-corrected chi connectivity index (χ2v) is 6.93. The molecule has 9 nitrogen and oxygen atoms in total. The van der Waals surface area contributed by atoms with Gasteiger partial charge in [0.25, 0.3) is 0 Å². The number of nitrogens with one attached hydrogen (secondary N) is 1. The lowest BCUT2D eigenvalue weighted by Crippen LogP contribution is -2.37. The van der Waals surface area contributed by atoms with Crippen LogP contribution in [0.4, 0.5) is 10.6 Å². The lowest BCUT2D eigenvalue weighted by Gasteiger charge is -2.29. The van der Waals surface area contributed by atoms with Crippen molar-refractivity contribution in [3.63, 3.8) is 0 Å². The number of pyridine rings is 1. The number of anilines is 1. The van der Waals surface area contributed by atoms with E-state index in [0.29, 0.717) is 42.9 Å². The summed E-state index contributed by atoms with van der Waals surface area (Å²) in [7, 11) is 0. The fraction of sp³-hybridized carbons (Fsp3) is 0.474. The second-order valence-electron chi connectivity index (χ2n) is 6.93. The van der Waals surface area contributed by atoms with E-state index < -0.39 is 0 Å². The molecule has 0 saturated carbocycles. The first kappa shape index (κ1) is 18.3. The van der Waals surface area contributed by atoms with E-state index in [9.17, 15) is 10.1 Å². The summed E-state index contributed by atoms with van der Waals surface area (Å²) in [6.07, 6.45) is 1.19. The molecule has 0 atom stereocenters. The third-order valence-corrected chi connectivity index (χ3v) is 5.17. The van der Waals surface area contributed by atoms with Crippen LogP contribution < -0.4 is 11.1 Å². The average molecular weight is 381 g/mol. The minimum absolute atomic E-state index is 0.210. The Balaban J connectivity index is 1.82. The number of ether oxygens (including phenoxy) is 1. The Morgan fingerprint density at radius 3 is 3.11 bits per heavy atom. The molecule has 0 aliphatic carbocycles. The molecule has 0 bridgehead atoms. The first-order valence-electron chi connectivity index (χ1n) is 9.53. The summed E-state index contributed by atoms with van der Waals surface area (Å²) < 4.78 is 7.13. The maximum Gasteiger partial charge on any atom is 0.410 e. The molecule has 0 radical (unpaired) electrons. The van der Waals surface area contributed by atoms with Crippen molar-refractivity contribution in [3.05, 3.63) is 28.6 Å². The van der Waals surface area contributed by atoms with Gasteiger partial charge in [-0.3, -0.25) is 4.68 Å². The highest BCUT2D eigenvalue weighted by atomic mass is 16.6. The molecule has 9 heteroatoms. The van der Waals surface area contributed by atoms with Crippen LogP contribution in [0.5, 0.6) is 0 Å². The average Bonchev–Trinajstić information content (AvgIpc) is 2.96. The maximum absolute atomic E-state index is 12.2. The molecule has 146 valence electrons. The van der Waals surface area contributed by atoms with Gasteiger partial charge in [-0.25, -0.2) is 9.78 Å². The number of hydrogen-bond donors (Lipinski definition) is 2. The van der Waals surface area contributed by atoms with Crippen LogP contribution in [0.25, 0.3) is 11.3 Å². The minimum atomic E-state index is -0.362. The van der Waals surface area contributed by atoms with Gasteiger partial charge in [0.2, 0.25) is 0 Å². The molecule has 28 heavy (non-hydrogen) atoms. The number of carbonyl (C=O) groups is 1. The van der Waals surface area contributed by atoms with Gasteiger partial charge < -0.3 is 20.7 Å². The van der Waals surface area contributed by atoms with E-state index >= 15 is 0 Å². The Bertz CT molecular complexity index is 937. The third-order valence-electron chi connectivity index (χ3n) is 5.17. The van der Waals surface area contributed by atoms with Crippen molar-refractivity contribution in [1.29, 1.82) is 5.26 Å². The van der Waals surface area contributed by atoms with Crippen molar-refractivity contribution in [1.82, 2.24) is 25.0 Å². The Morgan fingerprint density at radius 2 is 2.32 bits per heavy atom. The SMILES string of the molecule is CCOC(=O)N1CCc2nc(N)c(C#N)c(-c3cc4n(n3)CCCNC4)c2C1. The van der Waals surface area contributed by atoms with Crippen LogP contribution in [0.1, 0.15) is 35.9 Å². The molecular formula is C19H23N7O2. The molecule has 3 N–H and O–H groups in total. The normalized spacial score (nSPS) is 15.9. The van der Waals surface area contributed by atoms with E-state index in [1.807, 2.05) is 10.7 Å². The highest BCUT2D eigenvalue weighted by Crippen LogP contribution is 2.35. The molecule has 2 aromatic rings. The first-order valence-corrected chi connectivity index (χ1v) is 9.53. The smallest absolute Gasteiger partial charge is 0.410 e. The lowest BCUT2D eigenvalue weighted by atomic mass is 9.94. The third kappa shape index (κ3) is 3.16. The number of amides is 1. The van der Waals surface area contributed by atoms with Gasteiger partial charge in [-0.1, -0.05) is 0 Å². The molecule has 2 aliphatic rings. The number of aromatic nitrogens is 3. The van der Waals surface area contributed by atoms with E-state index in [0.717, 1.165) is 43.0 Å². The standard InChI is InChI=1S/C19H23N7O2/c1-2-28-19(27)25-7-4-15-14(11-25)17(13(9-20)18(21)23-15)16-8-12-10-22-5-3-6-26(12)24-16/h8,22H,2-7,10-11H2,1H3,(H2,21,23). The summed E-state index contributed by atoms with van der Waals surface area (Å²) in [5.74, 6) is 0.210. The summed E-state index contributed by atoms with van der Waals surface area (Å²) >= 11 is 0. The zero-order valence-electron chi connectivity index (χ0n) is 15.9. The van der Waals surface area contributed by atoms with Crippen LogP contribution in [-0.2, 0) is 30.8 Å². The number of fused-ring (bicyclic) bond motifs is 2. The van der Waals surface area contributed by atoms with Crippen molar-refractivity contribution in [2.45, 2.75) is 39.4 Å². The summed E-state index contributed by atoms with van der Waals surface area (Å²) in [6.45, 7) is 5.44. The van der Waals surface area contributed by atoms with Crippen molar-refractivity contribution >= 4 is 11.9 Å². The van der Waals surface area contributed by atoms with Crippen molar-refractivity contribution in [2.24, 2.45) is 0 Å². The van der Waals surface area contributed by atoms with Gasteiger partial charge in [-0.2, -0.15) is 10.4 Å². The molecule has 0 saturated heterocycles. The van der Waals surface area contributed by atoms with E-state index in [2.05, 4.69) is 16.4 Å². The van der Waals surface area contributed by atoms with Crippen LogP contribution in [0.2, 0.25) is 0 Å². The van der Waals surface area contributed by atoms with E-state index in [-0.39, 0.29) is 11.9 Å². The fourth-order valence-corrected chi connectivity index (χ4v) is 3.83. The van der Waals surface area contributed by atoms with Gasteiger partial charge in [0.1, 0.15) is 17.5 Å². The molecule has 4 heterocycles. The van der Waals surface area contributed by atoms with Crippen LogP contribution in [0.3, 0.4) is 0 Å². The topological polar surface area (TPSA) is 122 Å². The van der Waals surface area contributed by atoms with E-state index in [4.69, 9.17) is 15.6 Å². The Morgan fingerprint density at radius 1 is 1.46 bits per heavy atom. The maximum atomic E-state index is 12.2. The molecule has 1 amide bonds. The number of hydrogen-bond acceptors (Lipinski definition) is 7. The number of nitrogens with two attached hydrogens (primary N) is 1. The molecule has 0 fully saturated rings. The predicted octanol–water partition coefficient (Wildman–Crippen LogP) is 1.41. The minimum Gasteiger partial charge on any atom is -0.450 e. The lowest BCUT2D eigenvalue weighted by molar-refractivity contribution is 0.102. The monoisotopic (exact) mass is 381 g/mol. The van der Waals surface area contributed by atoms with Crippen molar-refractivity contribution in [2.75, 3.05) is 25.4 Å². The number of carbonyl (C=O) groups excluding carboxylic acids is 1. The summed E-state index contributed by atoms with van der Waals surface area (Å²) in [4.78, 5) is 18.3. The Labute approximate surface area is 163 Å². The molecule has 2 aliphatic heterocycles. The zero-order chi connectivity index (χ0) is 19.7. The van der Waals surface area contributed by atoms with Crippen LogP contribution >= 0.6 is 0 Å². The van der Waals surface area contributed by atoms with Crippen LogP contribution in [0, 0.1) is 11.3 Å². The van der Waals surface area contributed by atoms with E-state index in [1.165, 1.54) is 0 Å². The van der Waals surface area contributed by atoms with E-state index in [1.54, 1.807) is 11.8 Å². The van der Waals surface area contributed by atoms with Crippen molar-refractivity contribution in [3.8, 4) is 17.3 Å². The highest BCUT2D eigenvalue weighted by Gasteiger charge is 2.29. The Kier molecular flexibility index (Phi) is 4.88. The summed E-state index contributed by atoms with van der Waals surface area (Å²) in [6, 6.07) is 4.18. The second kappa shape index (κ2) is 7.48. The summed E-state index contributed by atoms with van der Waals surface area (Å²) in [5, 5.41) is 17.9. The molecule has 2 aromatic heterocycles. The molecule has 0 spiro atoms. The molecule has 4 rings (SSSR count). The quantitative estimate of drug-likeness (QED) is 0.806. The number of rotatable bonds is 2. The summed E-state index contributed by atoms with van der Waals surface area (Å²) in [5.41, 5.74) is 10.5. The number of nitriles is 1. The van der Waals surface area contributed by atoms with Gasteiger partial charge >= 0.3 is 6.09 Å². The van der Waals surface area contributed by atoms with Gasteiger partial charge in [0, 0.05) is 37.2 Å². The molecule has 0 aromatic carbocycles. The van der Waals surface area contributed by atoms with Gasteiger partial charge in [-0.15, -0.1) is 0 Å². The van der Waals surface area contributed by atoms with Crippen LogP contribution in [0.15, 0.2) is 6.07 Å². The van der Waals surface area contributed by atoms with Crippen LogP contribution in [-0.4, -0.2) is 45.5 Å². The number of aryl methyl sites for hydroxylation is 1. The van der Waals surface area contributed by atoms with Gasteiger partial charge in [0.15, 0.2) is 0 Å². The van der Waals surface area contributed by atoms with Gasteiger partial charge in [-0.05, 0) is 26.0 Å². The molecule has 0 unspecified atom stereocenters. The van der Waals surface area contributed by atoms with Crippen molar-refractivity contribution < 1.29 is 9.53 Å². The fourth-order valence-electron chi connectivity index (χ4n) is 3.83. The number of nitrogen functional groups attached to an aromatic ring is 1. The zero-order valence-corrected chi connectivity index (χ0v) is 15.9. The molecular weight excluding hydrogens is 358 g/mol. The van der Waals surface area contributed by atoms with Gasteiger partial charge in [0.05, 0.1) is 30.2 Å². The predicted molar refractivity (Wildman–Crippen MR) is 102 cm³/mol. The number of nitrogens with zero attached hydrogens (tertiary/aromatic N) is 5. The Hall–Kier alpha value is -3.12. The highest BCUT2D eigenvalue weighted by molar-refractivity contribution is 5.78. The largest absolute Gasteiger partial charge is 0.450 e. The first-order chi connectivity index (χ1) is 13.6.